The summed E-state index contributed by atoms with van der Waals surface area (Å²) < 4.78 is 94.4. The molecule has 4 aromatic rings. The Hall–Kier alpha value is -4.48. The van der Waals surface area contributed by atoms with Crippen LogP contribution < -0.4 is 20.5 Å². The van der Waals surface area contributed by atoms with Gasteiger partial charge in [-0.05, 0) is 127 Å². The van der Waals surface area contributed by atoms with Crippen LogP contribution in [0.3, 0.4) is 0 Å². The Morgan fingerprint density at radius 2 is 1.16 bits per heavy atom. The van der Waals surface area contributed by atoms with Crippen molar-refractivity contribution >= 4 is 52.0 Å². The molecule has 1 unspecified atom stereocenters. The van der Waals surface area contributed by atoms with Gasteiger partial charge in [0.25, 0.3) is 15.0 Å². The van der Waals surface area contributed by atoms with E-state index in [9.17, 15) is 9.59 Å². The van der Waals surface area contributed by atoms with Crippen molar-refractivity contribution in [2.24, 2.45) is 0 Å². The van der Waals surface area contributed by atoms with Crippen LogP contribution in [0.4, 0.5) is 5.82 Å². The fourth-order valence-corrected chi connectivity index (χ4v) is 21.1. The number of aromatic nitrogens is 2. The molecule has 1 saturated heterocycles. The molecule has 0 bridgehead atoms. The van der Waals surface area contributed by atoms with E-state index in [2.05, 4.69) is 77.0 Å². The molecule has 1 N–H and O–H groups in total. The summed E-state index contributed by atoms with van der Waals surface area (Å²) in [5.41, 5.74) is 0.634. The van der Waals surface area contributed by atoms with E-state index in [0.717, 1.165) is 55.2 Å². The Kier molecular flexibility index (Phi) is 29.4. The predicted molar refractivity (Wildman–Crippen MR) is 349 cm³/mol. The lowest BCUT2D eigenvalue weighted by Crippen LogP contribution is -2.61. The van der Waals surface area contributed by atoms with E-state index in [4.69, 9.17) is 69.0 Å². The van der Waals surface area contributed by atoms with Crippen molar-refractivity contribution < 1.29 is 73.6 Å². The number of esters is 2. The number of benzene rings is 3. The highest BCUT2D eigenvalue weighted by atomic mass is 31.2. The lowest BCUT2D eigenvalue weighted by atomic mass is 9.78. The Morgan fingerprint density at radius 1 is 0.674 bits per heavy atom. The summed E-state index contributed by atoms with van der Waals surface area (Å²) >= 11 is 0. The molecular weight excluding hydrogens is 1210 g/mol. The quantitative estimate of drug-likeness (QED) is 0.00893. The summed E-state index contributed by atoms with van der Waals surface area (Å²) in [6.45, 7) is 21.0. The molecule has 0 spiro atoms. The van der Waals surface area contributed by atoms with Gasteiger partial charge in [-0.1, -0.05) is 112 Å². The first-order chi connectivity index (χ1) is 42.4. The van der Waals surface area contributed by atoms with Crippen molar-refractivity contribution in [3.05, 3.63) is 118 Å². The monoisotopic (exact) mass is 1310 g/mol. The molecule has 1 saturated carbocycles. The highest BCUT2D eigenvalue weighted by molar-refractivity contribution is 7.44. The van der Waals surface area contributed by atoms with Gasteiger partial charge in [0.15, 0.2) is 22.9 Å². The molecule has 6 rings (SSSR count). The third kappa shape index (κ3) is 22.7. The molecule has 3 aromatic carbocycles. The van der Waals surface area contributed by atoms with Gasteiger partial charge in [-0.15, -0.1) is 0 Å². The molecule has 5 atom stereocenters. The van der Waals surface area contributed by atoms with E-state index < -0.39 is 88.4 Å². The maximum absolute atomic E-state index is 15.4. The maximum Gasteiger partial charge on any atom is 0.658 e. The van der Waals surface area contributed by atoms with Crippen molar-refractivity contribution in [1.29, 1.82) is 0 Å². The fraction of sp³-hybridized carbons (Fsp3) is 0.625. The number of rotatable bonds is 33. The summed E-state index contributed by atoms with van der Waals surface area (Å²) in [6.07, 6.45) is 8.55. The normalized spacial score (nSPS) is 19.0. The first kappa shape index (κ1) is 73.6. The SMILES string of the molecule is COc1ccc(C([15NH]c2ccn([C@@H]3O[C@H](CO[Si](OC4CCCCCCCCCCC4)(O[Si](C)(C)C)O[Si](C)(C)C)[C@@H](OP(OC)N(C(C)C)C(C)C)[C@H]3OC(OCCOC(C)=O)OCCOC(C)=O)c(=O)[15n]2)(c2ccccc2)c2ccc(OC)cc2)cc1. The molecule has 496 valence electrons. The first-order valence-electron chi connectivity index (χ1n) is 31.4. The lowest BCUT2D eigenvalue weighted by molar-refractivity contribution is -0.320. The number of hydrogen-bond acceptors (Lipinski definition) is 20. The minimum atomic E-state index is -4.13. The van der Waals surface area contributed by atoms with Crippen LogP contribution in [0.5, 0.6) is 11.5 Å². The second-order valence-corrected chi connectivity index (χ2v) is 38.0. The second-order valence-electron chi connectivity index (χ2n) is 24.9. The van der Waals surface area contributed by atoms with Crippen LogP contribution in [0.1, 0.15) is 135 Å². The van der Waals surface area contributed by atoms with Gasteiger partial charge in [-0.2, -0.15) is 4.98 Å². The van der Waals surface area contributed by atoms with Crippen LogP contribution in [-0.4, -0.2) is 149 Å². The third-order valence-corrected chi connectivity index (χ3v) is 24.9. The molecule has 89 heavy (non-hydrogen) atoms. The molecule has 0 radical (unpaired) electrons. The van der Waals surface area contributed by atoms with E-state index in [1.807, 2.05) is 78.9 Å². The second kappa shape index (κ2) is 35.5. The van der Waals surface area contributed by atoms with Gasteiger partial charge in [-0.3, -0.25) is 14.2 Å². The number of methoxy groups -OCH3 is 2. The predicted octanol–water partition coefficient (Wildman–Crippen LogP) is 12.6. The van der Waals surface area contributed by atoms with Crippen molar-refractivity contribution in [2.45, 2.75) is 206 Å². The van der Waals surface area contributed by atoms with Crippen molar-refractivity contribution in [1.82, 2.24) is 14.2 Å². The first-order valence-corrected chi connectivity index (χ1v) is 41.0. The number of anilines is 1. The van der Waals surface area contributed by atoms with Crippen LogP contribution in [0.15, 0.2) is 95.9 Å². The number of ether oxygens (including phenoxy) is 8. The molecule has 1 aromatic heterocycles. The van der Waals surface area contributed by atoms with Gasteiger partial charge in [0.1, 0.15) is 54.4 Å². The largest absolute Gasteiger partial charge is 0.658 e. The zero-order valence-corrected chi connectivity index (χ0v) is 59.2. The van der Waals surface area contributed by atoms with E-state index in [-0.39, 0.29) is 57.0 Å². The number of carbonyl (C=O) groups is 2. The van der Waals surface area contributed by atoms with Gasteiger partial charge in [0.2, 0.25) is 0 Å². The van der Waals surface area contributed by atoms with E-state index in [1.165, 1.54) is 50.5 Å². The Bertz CT molecular complexity index is 2690. The molecule has 1 aliphatic heterocycles. The van der Waals surface area contributed by atoms with Crippen LogP contribution in [-0.2, 0) is 69.7 Å². The number of hydrogen-bond donors (Lipinski definition) is 1. The fourth-order valence-electron chi connectivity index (χ4n) is 11.0. The smallest absolute Gasteiger partial charge is 0.497 e. The zero-order valence-electron chi connectivity index (χ0n) is 55.3. The van der Waals surface area contributed by atoms with Crippen LogP contribution >= 0.6 is 8.53 Å². The minimum absolute atomic E-state index is 0.0596. The summed E-state index contributed by atoms with van der Waals surface area (Å²) in [5, 5.41) is 3.72. The Morgan fingerprint density at radius 3 is 1.60 bits per heavy atom. The third-order valence-electron chi connectivity index (χ3n) is 14.8. The van der Waals surface area contributed by atoms with Gasteiger partial charge >= 0.3 is 26.7 Å². The van der Waals surface area contributed by atoms with Crippen molar-refractivity contribution in [2.75, 3.05) is 59.7 Å². The molecule has 21 nitrogen and oxygen atoms in total. The lowest BCUT2D eigenvalue weighted by Gasteiger charge is -2.41. The Labute approximate surface area is 533 Å². The topological polar surface area (TPSA) is 214 Å². The van der Waals surface area contributed by atoms with Gasteiger partial charge in [0, 0.05) is 39.2 Å². The summed E-state index contributed by atoms with van der Waals surface area (Å²) in [4.78, 5) is 44.1. The minimum Gasteiger partial charge on any atom is -0.497 e. The molecule has 2 heterocycles. The summed E-state index contributed by atoms with van der Waals surface area (Å²) in [5.74, 6) is 0.524. The molecule has 0 amide bonds. The maximum atomic E-state index is 15.4. The van der Waals surface area contributed by atoms with Gasteiger partial charge in [0.05, 0.1) is 40.1 Å². The average molecular weight is 1320 g/mol. The van der Waals surface area contributed by atoms with E-state index in [0.29, 0.717) is 11.5 Å². The molecule has 1 aliphatic carbocycles. The van der Waals surface area contributed by atoms with Crippen molar-refractivity contribution in [3.8, 4) is 11.5 Å². The van der Waals surface area contributed by atoms with Crippen molar-refractivity contribution in [3.63, 3.8) is 0 Å². The van der Waals surface area contributed by atoms with E-state index in [1.54, 1.807) is 33.6 Å². The molecular formula is C64H101N4O17PSi3. The number of carbonyl (C=O) groups excluding carboxylic acids is 2. The zero-order chi connectivity index (χ0) is 64.8. The molecule has 2 aliphatic rings. The van der Waals surface area contributed by atoms with E-state index >= 15 is 4.79 Å². The molecule has 25 heteroatoms. The number of nitrogens with zero attached hydrogens (tertiary/aromatic N) is 3. The molecule has 2 fully saturated rings. The standard InChI is InChI=1S/C64H101N4O17PSi3/c1-47(2)68(48(3)4)86(74-9)82-59-57(46-79-89(84-87(10,11)12,85-88(13,14)15)83-56-30-26-21-19-17-16-18-20-22-27-31-56)80-61(60(59)81-63(77-44-42-75-49(5)69)78-45-43-76-50(6)70)67-41-40-58(65-62(67)71)66-64(51-28-24-23-25-29-51,52-32-36-54(72-7)37-33-52)53-34-38-55(73-8)39-35-53/h23-25,28-29,32-41,47-48,56-57,59-61,63H,16-22,26-27,30-31,42-46H2,1-15H3,(H,65,66,71)/t57-,59-,60-,61-,86?/m1/s1/i65+1,66+1. The Balaban J connectivity index is 1.54. The highest BCUT2D eigenvalue weighted by Gasteiger charge is 2.57. The summed E-state index contributed by atoms with van der Waals surface area (Å²) in [6, 6.07) is 26.9. The highest BCUT2D eigenvalue weighted by Crippen LogP contribution is 2.50. The van der Waals surface area contributed by atoms with Gasteiger partial charge < -0.3 is 69.3 Å². The average Bonchev–Trinajstić information content (AvgIpc) is 1.69. The van der Waals surface area contributed by atoms with Gasteiger partial charge in [-0.25, -0.2) is 9.46 Å². The summed E-state index contributed by atoms with van der Waals surface area (Å²) in [7, 11) is -6.27. The van der Waals surface area contributed by atoms with Crippen LogP contribution in [0, 0.1) is 0 Å². The van der Waals surface area contributed by atoms with Crippen LogP contribution in [0.25, 0.3) is 0 Å². The number of nitrogens with one attached hydrogen (secondary N) is 1. The van der Waals surface area contributed by atoms with Crippen LogP contribution in [0.2, 0.25) is 39.3 Å².